The van der Waals surface area contributed by atoms with Crippen LogP contribution in [0.1, 0.15) is 42.7 Å². The molecule has 0 spiro atoms. The van der Waals surface area contributed by atoms with Gasteiger partial charge in [0.2, 0.25) is 0 Å². The molecule has 1 aromatic carbocycles. The Hall–Kier alpha value is -2.50. The number of benzene rings is 1. The second-order valence-corrected chi connectivity index (χ2v) is 8.26. The van der Waals surface area contributed by atoms with Crippen molar-refractivity contribution >= 4 is 11.6 Å². The molecule has 142 valence electrons. The normalized spacial score (nSPS) is 24.0. The average Bonchev–Trinajstić information content (AvgIpc) is 2.90. The minimum Gasteiger partial charge on any atom is -0.363 e. The molecule has 0 radical (unpaired) electrons. The van der Waals surface area contributed by atoms with E-state index in [1.807, 2.05) is 17.9 Å². The number of hydrogen-bond donors (Lipinski definition) is 0. The molecule has 2 aliphatic rings. The first kappa shape index (κ1) is 17.9. The standard InChI is InChI=1S/C21H25FN4O/c1-14-18(11-23-13-24-14)20(27)25-8-7-19-15(12-25)10-21(2,3)26(19)17-6-4-5-16(22)9-17/h4-6,9,11,13,15,19H,7-8,10,12H2,1-3H3/t15-,19+/m1/s1. The highest BCUT2D eigenvalue weighted by atomic mass is 19.1. The maximum absolute atomic E-state index is 13.8. The van der Waals surface area contributed by atoms with Gasteiger partial charge in [0.05, 0.1) is 11.3 Å². The van der Waals surface area contributed by atoms with E-state index in [1.54, 1.807) is 18.3 Å². The fraction of sp³-hybridized carbons (Fsp3) is 0.476. The molecule has 4 rings (SSSR count). The first-order valence-electron chi connectivity index (χ1n) is 9.47. The van der Waals surface area contributed by atoms with E-state index in [1.165, 1.54) is 12.4 Å². The number of aryl methyl sites for hydroxylation is 1. The van der Waals surface area contributed by atoms with E-state index in [4.69, 9.17) is 0 Å². The molecule has 5 nitrogen and oxygen atoms in total. The molecule has 0 bridgehead atoms. The van der Waals surface area contributed by atoms with Crippen LogP contribution < -0.4 is 4.90 Å². The van der Waals surface area contributed by atoms with Gasteiger partial charge in [0.25, 0.3) is 5.91 Å². The molecule has 27 heavy (non-hydrogen) atoms. The average molecular weight is 368 g/mol. The van der Waals surface area contributed by atoms with Crippen molar-refractivity contribution in [2.24, 2.45) is 5.92 Å². The number of anilines is 1. The summed E-state index contributed by atoms with van der Waals surface area (Å²) in [5.74, 6) is 0.165. The van der Waals surface area contributed by atoms with E-state index in [9.17, 15) is 9.18 Å². The molecule has 6 heteroatoms. The smallest absolute Gasteiger partial charge is 0.257 e. The molecule has 2 fully saturated rings. The number of fused-ring (bicyclic) bond motifs is 1. The summed E-state index contributed by atoms with van der Waals surface area (Å²) in [4.78, 5) is 25.4. The van der Waals surface area contributed by atoms with Crippen molar-refractivity contribution < 1.29 is 9.18 Å². The van der Waals surface area contributed by atoms with Crippen molar-refractivity contribution in [1.29, 1.82) is 0 Å². The molecule has 1 amide bonds. The Bertz CT molecular complexity index is 869. The van der Waals surface area contributed by atoms with Crippen LogP contribution in [0.2, 0.25) is 0 Å². The van der Waals surface area contributed by atoms with E-state index in [0.717, 1.165) is 18.5 Å². The van der Waals surface area contributed by atoms with Crippen LogP contribution in [0.3, 0.4) is 0 Å². The largest absolute Gasteiger partial charge is 0.363 e. The Morgan fingerprint density at radius 2 is 2.15 bits per heavy atom. The summed E-state index contributed by atoms with van der Waals surface area (Å²) >= 11 is 0. The Balaban J connectivity index is 1.57. The van der Waals surface area contributed by atoms with Crippen LogP contribution in [0.15, 0.2) is 36.8 Å². The zero-order chi connectivity index (χ0) is 19.2. The molecule has 0 unspecified atom stereocenters. The van der Waals surface area contributed by atoms with Gasteiger partial charge in [0.15, 0.2) is 0 Å². The Labute approximate surface area is 159 Å². The Morgan fingerprint density at radius 3 is 2.89 bits per heavy atom. The SMILES string of the molecule is Cc1ncncc1C(=O)N1CC[C@H]2[C@@H](C1)CC(C)(C)N2c1cccc(F)c1. The zero-order valence-electron chi connectivity index (χ0n) is 16.0. The number of nitrogens with zero attached hydrogens (tertiary/aromatic N) is 4. The minimum absolute atomic E-state index is 0.00793. The number of hydrogen-bond acceptors (Lipinski definition) is 4. The van der Waals surface area contributed by atoms with Gasteiger partial charge in [0.1, 0.15) is 12.1 Å². The van der Waals surface area contributed by atoms with Crippen LogP contribution in [0.5, 0.6) is 0 Å². The van der Waals surface area contributed by atoms with Crippen molar-refractivity contribution in [1.82, 2.24) is 14.9 Å². The molecule has 2 aliphatic heterocycles. The number of rotatable bonds is 2. The van der Waals surface area contributed by atoms with Crippen molar-refractivity contribution in [2.45, 2.75) is 45.2 Å². The van der Waals surface area contributed by atoms with Crippen LogP contribution >= 0.6 is 0 Å². The van der Waals surface area contributed by atoms with Crippen molar-refractivity contribution in [2.75, 3.05) is 18.0 Å². The second-order valence-electron chi connectivity index (χ2n) is 8.26. The number of carbonyl (C=O) groups is 1. The number of aromatic nitrogens is 2. The fourth-order valence-corrected chi connectivity index (χ4v) is 4.87. The summed E-state index contributed by atoms with van der Waals surface area (Å²) in [5, 5.41) is 0. The molecule has 2 atom stereocenters. The zero-order valence-corrected chi connectivity index (χ0v) is 16.0. The molecule has 2 saturated heterocycles. The third kappa shape index (κ3) is 3.17. The maximum Gasteiger partial charge on any atom is 0.257 e. The summed E-state index contributed by atoms with van der Waals surface area (Å²) in [5.41, 5.74) is 2.15. The van der Waals surface area contributed by atoms with Crippen molar-refractivity contribution in [3.05, 3.63) is 53.9 Å². The molecule has 2 aromatic rings. The maximum atomic E-state index is 13.8. The van der Waals surface area contributed by atoms with E-state index < -0.39 is 0 Å². The van der Waals surface area contributed by atoms with Gasteiger partial charge in [-0.05, 0) is 57.7 Å². The second kappa shape index (κ2) is 6.59. The first-order valence-corrected chi connectivity index (χ1v) is 9.47. The van der Waals surface area contributed by atoms with Crippen LogP contribution in [-0.2, 0) is 0 Å². The Morgan fingerprint density at radius 1 is 1.33 bits per heavy atom. The highest BCUT2D eigenvalue weighted by Crippen LogP contribution is 2.44. The van der Waals surface area contributed by atoms with Gasteiger partial charge >= 0.3 is 0 Å². The quantitative estimate of drug-likeness (QED) is 0.815. The number of amides is 1. The highest BCUT2D eigenvalue weighted by Gasteiger charge is 2.48. The molecular weight excluding hydrogens is 343 g/mol. The number of likely N-dealkylation sites (tertiary alicyclic amines) is 1. The van der Waals surface area contributed by atoms with Crippen molar-refractivity contribution in [3.63, 3.8) is 0 Å². The monoisotopic (exact) mass is 368 g/mol. The van der Waals surface area contributed by atoms with E-state index in [-0.39, 0.29) is 17.3 Å². The lowest BCUT2D eigenvalue weighted by molar-refractivity contribution is 0.0665. The summed E-state index contributed by atoms with van der Waals surface area (Å²) < 4.78 is 13.8. The number of carbonyl (C=O) groups excluding carboxylic acids is 1. The van der Waals surface area contributed by atoms with E-state index >= 15 is 0 Å². The molecule has 3 heterocycles. The van der Waals surface area contributed by atoms with Gasteiger partial charge < -0.3 is 9.80 Å². The predicted molar refractivity (Wildman–Crippen MR) is 102 cm³/mol. The summed E-state index contributed by atoms with van der Waals surface area (Å²) in [7, 11) is 0. The number of piperidine rings is 1. The summed E-state index contributed by atoms with van der Waals surface area (Å²) in [6, 6.07) is 7.17. The third-order valence-corrected chi connectivity index (χ3v) is 5.95. The topological polar surface area (TPSA) is 49.3 Å². The van der Waals surface area contributed by atoms with Gasteiger partial charge in [-0.15, -0.1) is 0 Å². The lowest BCUT2D eigenvalue weighted by atomic mass is 9.89. The molecule has 0 saturated carbocycles. The van der Waals surface area contributed by atoms with Crippen LogP contribution in [0.25, 0.3) is 0 Å². The third-order valence-electron chi connectivity index (χ3n) is 5.95. The lowest BCUT2D eigenvalue weighted by Crippen LogP contribution is -2.50. The van der Waals surface area contributed by atoms with Gasteiger partial charge in [-0.3, -0.25) is 4.79 Å². The molecule has 1 aromatic heterocycles. The van der Waals surface area contributed by atoms with E-state index in [0.29, 0.717) is 36.3 Å². The lowest BCUT2D eigenvalue weighted by Gasteiger charge is -2.42. The van der Waals surface area contributed by atoms with Gasteiger partial charge in [-0.2, -0.15) is 0 Å². The van der Waals surface area contributed by atoms with Crippen molar-refractivity contribution in [3.8, 4) is 0 Å². The van der Waals surface area contributed by atoms with Crippen LogP contribution in [0, 0.1) is 18.7 Å². The van der Waals surface area contributed by atoms with Gasteiger partial charge in [-0.25, -0.2) is 14.4 Å². The van der Waals surface area contributed by atoms with Crippen LogP contribution in [0.4, 0.5) is 10.1 Å². The minimum atomic E-state index is -0.209. The summed E-state index contributed by atoms with van der Waals surface area (Å²) in [6.07, 6.45) is 4.93. The fourth-order valence-electron chi connectivity index (χ4n) is 4.87. The first-order chi connectivity index (χ1) is 12.9. The highest BCUT2D eigenvalue weighted by molar-refractivity contribution is 5.95. The predicted octanol–water partition coefficient (Wildman–Crippen LogP) is 3.44. The van der Waals surface area contributed by atoms with E-state index in [2.05, 4.69) is 28.7 Å². The molecular formula is C21H25FN4O. The molecule has 0 N–H and O–H groups in total. The number of halogens is 1. The van der Waals surface area contributed by atoms with Gasteiger partial charge in [0, 0.05) is 36.6 Å². The summed E-state index contributed by atoms with van der Waals surface area (Å²) in [6.45, 7) is 7.66. The molecule has 0 aliphatic carbocycles. The Kier molecular flexibility index (Phi) is 4.36. The van der Waals surface area contributed by atoms with Gasteiger partial charge in [-0.1, -0.05) is 6.07 Å². The van der Waals surface area contributed by atoms with Crippen LogP contribution in [-0.4, -0.2) is 45.4 Å².